The Bertz CT molecular complexity index is 400. The van der Waals surface area contributed by atoms with E-state index < -0.39 is 18.9 Å². The van der Waals surface area contributed by atoms with Gasteiger partial charge >= 0.3 is 7.12 Å². The van der Waals surface area contributed by atoms with E-state index in [4.69, 9.17) is 0 Å². The maximum absolute atomic E-state index is 9.35. The molecule has 0 spiro atoms. The fraction of sp³-hybridized carbons (Fsp3) is 0.500. The lowest BCUT2D eigenvalue weighted by Crippen LogP contribution is -2.30. The predicted molar refractivity (Wildman–Crippen MR) is 72.7 cm³/mol. The minimum absolute atomic E-state index is 0.00741. The zero-order chi connectivity index (χ0) is 13.7. The van der Waals surface area contributed by atoms with E-state index in [2.05, 4.69) is 19.9 Å². The number of rotatable bonds is 5. The van der Waals surface area contributed by atoms with Crippen LogP contribution in [-0.4, -0.2) is 17.2 Å². The first-order valence-electron chi connectivity index (χ1n) is 6.29. The summed E-state index contributed by atoms with van der Waals surface area (Å²) >= 11 is 0. The molecule has 4 heteroatoms. The highest BCUT2D eigenvalue weighted by Gasteiger charge is 2.35. The first-order valence-corrected chi connectivity index (χ1v) is 6.29. The molecule has 0 bridgehead atoms. The lowest BCUT2D eigenvalue weighted by Gasteiger charge is -2.29. The van der Waals surface area contributed by atoms with Gasteiger partial charge in [-0.2, -0.15) is 5.26 Å². The molecule has 0 saturated heterocycles. The molecule has 0 aliphatic carbocycles. The van der Waals surface area contributed by atoms with Gasteiger partial charge in [0.05, 0.1) is 12.0 Å². The average Bonchev–Trinajstić information content (AvgIpc) is 2.35. The second-order valence-electron chi connectivity index (χ2n) is 5.11. The second-order valence-corrected chi connectivity index (χ2v) is 5.11. The SMILES string of the molecule is CC(C)C(c1ccccc1)C(C#N)C(C)B(O)O. The second kappa shape index (κ2) is 6.58. The van der Waals surface area contributed by atoms with Gasteiger partial charge in [-0.05, 0) is 11.5 Å². The number of nitriles is 1. The van der Waals surface area contributed by atoms with Crippen molar-refractivity contribution in [2.45, 2.75) is 32.5 Å². The summed E-state index contributed by atoms with van der Waals surface area (Å²) in [5.74, 6) is -0.610. The molecule has 18 heavy (non-hydrogen) atoms. The Kier molecular flexibility index (Phi) is 5.39. The van der Waals surface area contributed by atoms with E-state index in [0.29, 0.717) is 0 Å². The molecule has 0 radical (unpaired) electrons. The van der Waals surface area contributed by atoms with Gasteiger partial charge < -0.3 is 10.0 Å². The van der Waals surface area contributed by atoms with Gasteiger partial charge in [-0.1, -0.05) is 51.1 Å². The smallest absolute Gasteiger partial charge is 0.427 e. The van der Waals surface area contributed by atoms with Crippen LogP contribution in [0.2, 0.25) is 5.82 Å². The van der Waals surface area contributed by atoms with Gasteiger partial charge in [0.15, 0.2) is 0 Å². The third kappa shape index (κ3) is 3.35. The lowest BCUT2D eigenvalue weighted by molar-refractivity contribution is 0.329. The van der Waals surface area contributed by atoms with E-state index in [1.54, 1.807) is 6.92 Å². The van der Waals surface area contributed by atoms with Crippen molar-refractivity contribution in [3.05, 3.63) is 35.9 Å². The van der Waals surface area contributed by atoms with Crippen molar-refractivity contribution in [3.63, 3.8) is 0 Å². The molecule has 0 aromatic heterocycles. The van der Waals surface area contributed by atoms with Crippen LogP contribution in [-0.2, 0) is 0 Å². The van der Waals surface area contributed by atoms with E-state index in [9.17, 15) is 15.3 Å². The van der Waals surface area contributed by atoms with Crippen molar-refractivity contribution < 1.29 is 10.0 Å². The van der Waals surface area contributed by atoms with Crippen molar-refractivity contribution in [2.24, 2.45) is 11.8 Å². The van der Waals surface area contributed by atoms with Crippen LogP contribution in [0.3, 0.4) is 0 Å². The quantitative estimate of drug-likeness (QED) is 0.783. The van der Waals surface area contributed by atoms with Gasteiger partial charge in [-0.25, -0.2) is 0 Å². The molecule has 0 heterocycles. The monoisotopic (exact) mass is 245 g/mol. The molecule has 1 aromatic carbocycles. The Morgan fingerprint density at radius 3 is 2.06 bits per heavy atom. The van der Waals surface area contributed by atoms with Crippen LogP contribution in [0, 0.1) is 23.2 Å². The van der Waals surface area contributed by atoms with Gasteiger partial charge in [-0.15, -0.1) is 0 Å². The average molecular weight is 245 g/mol. The zero-order valence-electron chi connectivity index (χ0n) is 11.1. The number of benzene rings is 1. The summed E-state index contributed by atoms with van der Waals surface area (Å²) in [6.45, 7) is 5.81. The Labute approximate surface area is 109 Å². The van der Waals surface area contributed by atoms with E-state index >= 15 is 0 Å². The Hall–Kier alpha value is -1.31. The molecule has 3 nitrogen and oxygen atoms in total. The van der Waals surface area contributed by atoms with E-state index in [1.807, 2.05) is 30.3 Å². The summed E-state index contributed by atoms with van der Waals surface area (Å²) in [6, 6.07) is 12.1. The fourth-order valence-electron chi connectivity index (χ4n) is 2.39. The predicted octanol–water partition coefficient (Wildman–Crippen LogP) is 2.43. The van der Waals surface area contributed by atoms with Crippen molar-refractivity contribution >= 4 is 7.12 Å². The standard InChI is InChI=1S/C14H20BNO2/c1-10(2)14(12-7-5-4-6-8-12)13(9-16)11(3)15(17)18/h4-8,10-11,13-14,17-18H,1-3H3. The first kappa shape index (κ1) is 14.8. The molecule has 96 valence electrons. The minimum atomic E-state index is -1.46. The van der Waals surface area contributed by atoms with Crippen molar-refractivity contribution in [1.82, 2.24) is 0 Å². The molecule has 3 unspecified atom stereocenters. The first-order chi connectivity index (χ1) is 8.49. The largest absolute Gasteiger partial charge is 0.455 e. The maximum atomic E-state index is 9.35. The van der Waals surface area contributed by atoms with Crippen molar-refractivity contribution in [1.29, 1.82) is 5.26 Å². The molecule has 0 aliphatic heterocycles. The van der Waals surface area contributed by atoms with Crippen molar-refractivity contribution in [2.75, 3.05) is 0 Å². The highest BCUT2D eigenvalue weighted by molar-refractivity contribution is 6.43. The van der Waals surface area contributed by atoms with E-state index in [0.717, 1.165) is 5.56 Å². The van der Waals surface area contributed by atoms with Crippen LogP contribution in [0.5, 0.6) is 0 Å². The van der Waals surface area contributed by atoms with Crippen LogP contribution < -0.4 is 0 Å². The third-order valence-corrected chi connectivity index (χ3v) is 3.48. The molecule has 1 aromatic rings. The number of nitrogens with zero attached hydrogens (tertiary/aromatic N) is 1. The fourth-order valence-corrected chi connectivity index (χ4v) is 2.39. The van der Waals surface area contributed by atoms with Gasteiger partial charge in [0.25, 0.3) is 0 Å². The molecule has 1 rings (SSSR count). The summed E-state index contributed by atoms with van der Waals surface area (Å²) in [4.78, 5) is 0. The van der Waals surface area contributed by atoms with Crippen LogP contribution >= 0.6 is 0 Å². The molecular formula is C14H20BNO2. The molecule has 0 saturated carbocycles. The van der Waals surface area contributed by atoms with E-state index in [-0.39, 0.29) is 11.8 Å². The lowest BCUT2D eigenvalue weighted by atomic mass is 9.61. The Morgan fingerprint density at radius 1 is 1.11 bits per heavy atom. The highest BCUT2D eigenvalue weighted by Crippen LogP contribution is 2.38. The maximum Gasteiger partial charge on any atom is 0.455 e. The Morgan fingerprint density at radius 2 is 1.67 bits per heavy atom. The van der Waals surface area contributed by atoms with Crippen LogP contribution in [0.1, 0.15) is 32.3 Å². The molecule has 3 atom stereocenters. The van der Waals surface area contributed by atoms with Crippen LogP contribution in [0.4, 0.5) is 0 Å². The molecule has 0 aliphatic rings. The summed E-state index contributed by atoms with van der Waals surface area (Å²) in [5.41, 5.74) is 1.08. The molecule has 0 amide bonds. The molecular weight excluding hydrogens is 225 g/mol. The summed E-state index contributed by atoms with van der Waals surface area (Å²) in [7, 11) is -1.46. The Balaban J connectivity index is 3.09. The summed E-state index contributed by atoms with van der Waals surface area (Å²) in [6.07, 6.45) is 0. The van der Waals surface area contributed by atoms with Crippen LogP contribution in [0.25, 0.3) is 0 Å². The topological polar surface area (TPSA) is 64.2 Å². The zero-order valence-corrected chi connectivity index (χ0v) is 11.1. The number of hydrogen-bond acceptors (Lipinski definition) is 3. The third-order valence-electron chi connectivity index (χ3n) is 3.48. The van der Waals surface area contributed by atoms with Crippen LogP contribution in [0.15, 0.2) is 30.3 Å². The summed E-state index contributed by atoms with van der Waals surface area (Å²) in [5, 5.41) is 28.0. The molecule has 2 N–H and O–H groups in total. The normalized spacial score (nSPS) is 15.8. The van der Waals surface area contributed by atoms with Gasteiger partial charge in [0, 0.05) is 11.7 Å². The highest BCUT2D eigenvalue weighted by atomic mass is 16.4. The van der Waals surface area contributed by atoms with Gasteiger partial charge in [0.1, 0.15) is 0 Å². The van der Waals surface area contributed by atoms with E-state index in [1.165, 1.54) is 0 Å². The molecule has 0 fully saturated rings. The van der Waals surface area contributed by atoms with Gasteiger partial charge in [-0.3, -0.25) is 0 Å². The minimum Gasteiger partial charge on any atom is -0.427 e. The number of hydrogen-bond donors (Lipinski definition) is 2. The van der Waals surface area contributed by atoms with Crippen molar-refractivity contribution in [3.8, 4) is 6.07 Å². The summed E-state index contributed by atoms with van der Waals surface area (Å²) < 4.78 is 0. The van der Waals surface area contributed by atoms with Gasteiger partial charge in [0.2, 0.25) is 0 Å².